The van der Waals surface area contributed by atoms with Crippen LogP contribution < -0.4 is 9.30 Å². The van der Waals surface area contributed by atoms with Crippen LogP contribution in [0.3, 0.4) is 0 Å². The number of ether oxygens (including phenoxy) is 1. The van der Waals surface area contributed by atoms with Crippen molar-refractivity contribution >= 4 is 21.8 Å². The fourth-order valence-electron chi connectivity index (χ4n) is 9.53. The number of aromatic nitrogens is 6. The molecule has 0 spiro atoms. The zero-order valence-electron chi connectivity index (χ0n) is 40.7. The number of para-hydroxylation sites is 1. The van der Waals surface area contributed by atoms with Gasteiger partial charge in [-0.2, -0.15) is 16.8 Å². The number of benzene rings is 8. The molecule has 12 aromatic rings. The van der Waals surface area contributed by atoms with E-state index in [0.29, 0.717) is 23.1 Å². The van der Waals surface area contributed by atoms with Crippen LogP contribution in [0, 0.1) is 25.4 Å². The van der Waals surface area contributed by atoms with E-state index in [1.807, 2.05) is 60.8 Å². The molecule has 0 radical (unpaired) electrons. The Labute approximate surface area is 440 Å². The fourth-order valence-corrected chi connectivity index (χ4v) is 9.53. The quantitative estimate of drug-likeness (QED) is 0.101. The summed E-state index contributed by atoms with van der Waals surface area (Å²) in [5.41, 5.74) is 14.0. The Bertz CT molecular complexity index is 3870. The summed E-state index contributed by atoms with van der Waals surface area (Å²) in [5, 5.41) is 7.42. The molecular weight excluding hydrogens is 1080 g/mol. The molecule has 0 fully saturated rings. The van der Waals surface area contributed by atoms with Crippen LogP contribution in [0.25, 0.3) is 95.0 Å². The summed E-state index contributed by atoms with van der Waals surface area (Å²) in [7, 11) is 0. The predicted molar refractivity (Wildman–Crippen MR) is 289 cm³/mol. The van der Waals surface area contributed by atoms with Crippen molar-refractivity contribution in [3.8, 4) is 84.7 Å². The molecule has 4 heterocycles. The first kappa shape index (κ1) is 46.8. The summed E-state index contributed by atoms with van der Waals surface area (Å²) in [4.78, 5) is 10.3. The second-order valence-electron chi connectivity index (χ2n) is 19.0. The number of fused-ring (bicyclic) bond motifs is 3. The monoisotopic (exact) mass is 1120 g/mol. The van der Waals surface area contributed by atoms with Gasteiger partial charge in [0, 0.05) is 55.3 Å². The minimum absolute atomic E-state index is 0. The number of nitrogens with zero attached hydrogens (tertiary/aromatic N) is 6. The fraction of sp³-hybridized carbons (Fsp3) is 0.0769. The first-order chi connectivity index (χ1) is 35.2. The molecule has 12 rings (SSSR count). The van der Waals surface area contributed by atoms with Crippen LogP contribution in [0.15, 0.2) is 219 Å². The second-order valence-corrected chi connectivity index (χ2v) is 19.0. The molecule has 8 aromatic carbocycles. The van der Waals surface area contributed by atoms with Gasteiger partial charge in [-0.1, -0.05) is 208 Å². The van der Waals surface area contributed by atoms with Crippen molar-refractivity contribution in [2.45, 2.75) is 33.1 Å². The molecule has 0 saturated carbocycles. The smallest absolute Gasteiger partial charge is 0.231 e. The van der Waals surface area contributed by atoms with Crippen molar-refractivity contribution in [3.05, 3.63) is 248 Å². The largest absolute Gasteiger partial charge is 0.522 e. The number of hydrogen-bond donors (Lipinski definition) is 0. The van der Waals surface area contributed by atoms with Gasteiger partial charge in [0.2, 0.25) is 12.2 Å². The molecule has 0 bridgehead atoms. The van der Waals surface area contributed by atoms with E-state index in [-0.39, 0.29) is 26.5 Å². The topological polar surface area (TPSA) is 61.6 Å². The van der Waals surface area contributed by atoms with Crippen molar-refractivity contribution in [2.24, 2.45) is 0 Å². The second kappa shape index (κ2) is 19.6. The van der Waals surface area contributed by atoms with E-state index >= 15 is 0 Å². The first-order valence-electron chi connectivity index (χ1n) is 24.2. The van der Waals surface area contributed by atoms with Crippen LogP contribution >= 0.6 is 0 Å². The molecule has 0 amide bonds. The summed E-state index contributed by atoms with van der Waals surface area (Å²) in [6.07, 6.45) is 5.63. The van der Waals surface area contributed by atoms with Crippen molar-refractivity contribution in [1.29, 1.82) is 0 Å². The van der Waals surface area contributed by atoms with E-state index in [1.54, 1.807) is 4.68 Å². The van der Waals surface area contributed by atoms with E-state index in [2.05, 4.69) is 213 Å². The summed E-state index contributed by atoms with van der Waals surface area (Å²) < 4.78 is 12.8. The molecule has 0 aliphatic carbocycles. The van der Waals surface area contributed by atoms with Crippen molar-refractivity contribution < 1.29 is 30.4 Å². The van der Waals surface area contributed by atoms with Gasteiger partial charge < -0.3 is 18.9 Å². The minimum atomic E-state index is -0.361. The molecule has 0 unspecified atom stereocenters. The average Bonchev–Trinajstić information content (AvgIpc) is 4.01. The van der Waals surface area contributed by atoms with Gasteiger partial charge in [-0.15, -0.1) is 23.6 Å². The molecule has 0 atom stereocenters. The maximum atomic E-state index is 6.88. The Morgan fingerprint density at radius 2 is 1.10 bits per heavy atom. The third kappa shape index (κ3) is 9.09. The van der Waals surface area contributed by atoms with Gasteiger partial charge in [0.15, 0.2) is 0 Å². The standard InChI is InChI=1S/C65H48N6O.Pt/c1-44-37-61(66-42-57(44)48-27-16-8-17-28-48)71-58-36-33-50(45-21-10-5-11-22-45)38-56(58)55-35-34-51(39-59(55)71)72-52-40-60(65(2,3)4)67-62(41-52)70-43-69(64(68-70)49-29-18-9-19-30-49)63-53(46-23-12-6-13-24-46)31-20-32-54(63)47-25-14-7-15-26-47;/h5-38,40,42H,1-4H3;/q-2;. The van der Waals surface area contributed by atoms with E-state index < -0.39 is 0 Å². The van der Waals surface area contributed by atoms with Crippen LogP contribution in [0.5, 0.6) is 11.5 Å². The Hall–Kier alpha value is -8.51. The molecule has 4 aromatic heterocycles. The van der Waals surface area contributed by atoms with Gasteiger partial charge in [0.1, 0.15) is 5.82 Å². The average molecular weight is 1120 g/mol. The molecule has 8 heteroatoms. The minimum Gasteiger partial charge on any atom is -0.522 e. The molecule has 73 heavy (non-hydrogen) atoms. The summed E-state index contributed by atoms with van der Waals surface area (Å²) in [5.74, 6) is 2.92. The third-order valence-corrected chi connectivity index (χ3v) is 13.1. The summed E-state index contributed by atoms with van der Waals surface area (Å²) >= 11 is 0. The molecule has 0 N–H and O–H groups in total. The van der Waals surface area contributed by atoms with E-state index in [4.69, 9.17) is 19.8 Å². The maximum absolute atomic E-state index is 6.88. The van der Waals surface area contributed by atoms with Gasteiger partial charge in [-0.25, -0.2) is 4.98 Å². The zero-order chi connectivity index (χ0) is 48.8. The molecule has 0 saturated heterocycles. The van der Waals surface area contributed by atoms with E-state index in [9.17, 15) is 0 Å². The van der Waals surface area contributed by atoms with Crippen molar-refractivity contribution in [2.75, 3.05) is 0 Å². The van der Waals surface area contributed by atoms with Crippen molar-refractivity contribution in [1.82, 2.24) is 24.3 Å². The number of aryl methyl sites for hydroxylation is 1. The number of hydrogen-bond acceptors (Lipinski definition) is 4. The zero-order valence-corrected chi connectivity index (χ0v) is 43.0. The molecule has 0 aliphatic rings. The first-order valence-corrected chi connectivity index (χ1v) is 24.2. The number of rotatable bonds is 10. The van der Waals surface area contributed by atoms with Gasteiger partial charge in [0.25, 0.3) is 0 Å². The SMILES string of the molecule is Cc1cc(-n2c3[c-]c(Oc4[c-]c(-n5[c-][n+](-c6c(-c7ccccc7)cccc6-c6ccccc6)c(-c6ccccc6)n5)nc(C(C)(C)C)c4)ccc3c3cc(-c4ccccc4)ccc32)ncc1-c1ccccc1.[Pt]. The Kier molecular flexibility index (Phi) is 12.6. The van der Waals surface area contributed by atoms with Crippen LogP contribution in [0.2, 0.25) is 0 Å². The Balaban J connectivity index is 0.00000574. The molecule has 356 valence electrons. The van der Waals surface area contributed by atoms with Crippen LogP contribution in [0.4, 0.5) is 0 Å². The Morgan fingerprint density at radius 3 is 1.68 bits per heavy atom. The third-order valence-electron chi connectivity index (χ3n) is 13.1. The van der Waals surface area contributed by atoms with E-state index in [0.717, 1.165) is 94.6 Å². The summed E-state index contributed by atoms with van der Waals surface area (Å²) in [6.45, 7) is 8.58. The number of pyridine rings is 2. The molecule has 0 aliphatic heterocycles. The predicted octanol–water partition coefficient (Wildman–Crippen LogP) is 15.2. The maximum Gasteiger partial charge on any atom is 0.231 e. The molecule has 7 nitrogen and oxygen atoms in total. The Morgan fingerprint density at radius 1 is 0.521 bits per heavy atom. The van der Waals surface area contributed by atoms with Crippen LogP contribution in [0.1, 0.15) is 32.0 Å². The molecular formula is C65H48N6OPt-2. The summed E-state index contributed by atoms with van der Waals surface area (Å²) in [6, 6.07) is 80.5. The van der Waals surface area contributed by atoms with Gasteiger partial charge in [-0.3, -0.25) is 0 Å². The normalized spacial score (nSPS) is 11.5. The van der Waals surface area contributed by atoms with Gasteiger partial charge in [0.05, 0.1) is 5.82 Å². The van der Waals surface area contributed by atoms with Crippen LogP contribution in [-0.4, -0.2) is 24.3 Å². The van der Waals surface area contributed by atoms with Gasteiger partial charge >= 0.3 is 0 Å². The van der Waals surface area contributed by atoms with Crippen molar-refractivity contribution in [3.63, 3.8) is 0 Å². The van der Waals surface area contributed by atoms with Gasteiger partial charge in [-0.05, 0) is 90.9 Å². The van der Waals surface area contributed by atoms with Crippen LogP contribution in [-0.2, 0) is 26.5 Å². The van der Waals surface area contributed by atoms with E-state index in [1.165, 1.54) is 0 Å².